The summed E-state index contributed by atoms with van der Waals surface area (Å²) in [6.07, 6.45) is 0. The summed E-state index contributed by atoms with van der Waals surface area (Å²) in [5, 5.41) is 10.5. The fourth-order valence-electron chi connectivity index (χ4n) is 1.06. The first-order valence-corrected chi connectivity index (χ1v) is 6.95. The fourth-order valence-corrected chi connectivity index (χ4v) is 3.83. The van der Waals surface area contributed by atoms with Crippen LogP contribution in [0.5, 0.6) is 0 Å². The second-order valence-electron chi connectivity index (χ2n) is 3.69. The van der Waals surface area contributed by atoms with Gasteiger partial charge < -0.3 is 5.73 Å². The average molecular weight is 279 g/mol. The number of thiophene rings is 1. The lowest BCUT2D eigenvalue weighted by Gasteiger charge is -2.19. The highest BCUT2D eigenvalue weighted by Crippen LogP contribution is 2.35. The molecule has 1 rings (SSSR count). The number of nitro groups is 1. The van der Waals surface area contributed by atoms with Gasteiger partial charge in [-0.25, -0.2) is 8.42 Å². The summed E-state index contributed by atoms with van der Waals surface area (Å²) in [4.78, 5) is 9.90. The normalized spacial score (nSPS) is 12.3. The van der Waals surface area contributed by atoms with Crippen LogP contribution < -0.4 is 5.73 Å². The van der Waals surface area contributed by atoms with Gasteiger partial charge in [-0.2, -0.15) is 4.31 Å². The first kappa shape index (κ1) is 13.9. The van der Waals surface area contributed by atoms with E-state index in [2.05, 4.69) is 0 Å². The Bertz CT molecular complexity index is 535. The minimum Gasteiger partial charge on any atom is -0.385 e. The SMILES string of the molecule is CC(C)N(C)S(=O)(=O)c1cc([N+](=O)[O-])c(N)s1. The fraction of sp³-hybridized carbons (Fsp3) is 0.500. The Labute approximate surface area is 103 Å². The summed E-state index contributed by atoms with van der Waals surface area (Å²) in [6, 6.07) is 0.760. The van der Waals surface area contributed by atoms with Gasteiger partial charge in [-0.3, -0.25) is 10.1 Å². The maximum absolute atomic E-state index is 12.0. The van der Waals surface area contributed by atoms with Gasteiger partial charge >= 0.3 is 5.69 Å². The maximum atomic E-state index is 12.0. The van der Waals surface area contributed by atoms with Crippen LogP contribution in [0.1, 0.15) is 13.8 Å². The van der Waals surface area contributed by atoms with E-state index in [-0.39, 0.29) is 20.9 Å². The zero-order valence-corrected chi connectivity index (χ0v) is 11.2. The van der Waals surface area contributed by atoms with Gasteiger partial charge in [0.1, 0.15) is 4.21 Å². The molecule has 0 fully saturated rings. The van der Waals surface area contributed by atoms with E-state index in [0.29, 0.717) is 11.3 Å². The van der Waals surface area contributed by atoms with Crippen LogP contribution >= 0.6 is 11.3 Å². The van der Waals surface area contributed by atoms with Crippen molar-refractivity contribution in [2.24, 2.45) is 0 Å². The average Bonchev–Trinajstić information content (AvgIpc) is 2.59. The third-order valence-electron chi connectivity index (χ3n) is 2.27. The van der Waals surface area contributed by atoms with Crippen molar-refractivity contribution in [3.63, 3.8) is 0 Å². The molecule has 2 N–H and O–H groups in total. The summed E-state index contributed by atoms with van der Waals surface area (Å²) in [5.41, 5.74) is 5.04. The highest BCUT2D eigenvalue weighted by Gasteiger charge is 2.29. The Kier molecular flexibility index (Phi) is 3.74. The molecule has 0 radical (unpaired) electrons. The Morgan fingerprint density at radius 3 is 2.41 bits per heavy atom. The van der Waals surface area contributed by atoms with E-state index in [0.717, 1.165) is 10.4 Å². The predicted octanol–water partition coefficient (Wildman–Crippen LogP) is 1.27. The highest BCUT2D eigenvalue weighted by molar-refractivity contribution is 7.91. The van der Waals surface area contributed by atoms with E-state index in [9.17, 15) is 18.5 Å². The molecule has 0 aliphatic heterocycles. The second kappa shape index (κ2) is 4.59. The van der Waals surface area contributed by atoms with Gasteiger partial charge in [-0.15, -0.1) is 0 Å². The largest absolute Gasteiger partial charge is 0.385 e. The molecule has 0 atom stereocenters. The molecular formula is C8H13N3O4S2. The summed E-state index contributed by atoms with van der Waals surface area (Å²) >= 11 is 0.702. The molecule has 0 bridgehead atoms. The zero-order chi connectivity index (χ0) is 13.4. The van der Waals surface area contributed by atoms with E-state index >= 15 is 0 Å². The topological polar surface area (TPSA) is 107 Å². The molecule has 1 aromatic heterocycles. The van der Waals surface area contributed by atoms with Crippen molar-refractivity contribution in [3.8, 4) is 0 Å². The molecule has 1 heterocycles. The van der Waals surface area contributed by atoms with Crippen molar-refractivity contribution < 1.29 is 13.3 Å². The zero-order valence-electron chi connectivity index (χ0n) is 9.58. The molecule has 0 unspecified atom stereocenters. The van der Waals surface area contributed by atoms with Gasteiger partial charge in [0.15, 0.2) is 5.00 Å². The van der Waals surface area contributed by atoms with Crippen LogP contribution in [0.4, 0.5) is 10.7 Å². The molecule has 9 heteroatoms. The van der Waals surface area contributed by atoms with Gasteiger partial charge in [0.2, 0.25) is 0 Å². The molecule has 7 nitrogen and oxygen atoms in total. The number of anilines is 1. The van der Waals surface area contributed by atoms with Crippen molar-refractivity contribution in [1.82, 2.24) is 4.31 Å². The van der Waals surface area contributed by atoms with E-state index in [1.165, 1.54) is 7.05 Å². The number of rotatable bonds is 4. The molecule has 96 valence electrons. The van der Waals surface area contributed by atoms with E-state index < -0.39 is 14.9 Å². The Morgan fingerprint density at radius 2 is 2.06 bits per heavy atom. The standard InChI is InChI=1S/C8H13N3O4S2/c1-5(2)10(3)17(14,15)7-4-6(11(12)13)8(9)16-7/h4-5H,9H2,1-3H3. The monoisotopic (exact) mass is 279 g/mol. The summed E-state index contributed by atoms with van der Waals surface area (Å²) < 4.78 is 25.1. The van der Waals surface area contributed by atoms with E-state index in [1.54, 1.807) is 13.8 Å². The van der Waals surface area contributed by atoms with Crippen LogP contribution in [0, 0.1) is 10.1 Å². The molecule has 0 spiro atoms. The number of nitrogens with two attached hydrogens (primary N) is 1. The Balaban J connectivity index is 3.26. The van der Waals surface area contributed by atoms with Crippen molar-refractivity contribution >= 4 is 32.0 Å². The van der Waals surface area contributed by atoms with Crippen molar-refractivity contribution in [2.75, 3.05) is 12.8 Å². The molecule has 17 heavy (non-hydrogen) atoms. The molecule has 0 saturated carbocycles. The smallest absolute Gasteiger partial charge is 0.304 e. The Morgan fingerprint density at radius 1 is 1.53 bits per heavy atom. The van der Waals surface area contributed by atoms with Gasteiger partial charge in [-0.1, -0.05) is 11.3 Å². The lowest BCUT2D eigenvalue weighted by Crippen LogP contribution is -2.32. The van der Waals surface area contributed by atoms with Crippen LogP contribution in [-0.4, -0.2) is 30.7 Å². The molecule has 0 aliphatic rings. The van der Waals surface area contributed by atoms with Crippen molar-refractivity contribution in [2.45, 2.75) is 24.1 Å². The van der Waals surface area contributed by atoms with Gasteiger partial charge in [0, 0.05) is 19.2 Å². The van der Waals surface area contributed by atoms with E-state index in [1.807, 2.05) is 0 Å². The third kappa shape index (κ3) is 2.56. The summed E-state index contributed by atoms with van der Waals surface area (Å²) in [7, 11) is -2.29. The lowest BCUT2D eigenvalue weighted by molar-refractivity contribution is -0.383. The third-order valence-corrected chi connectivity index (χ3v) is 5.71. The molecule has 0 aliphatic carbocycles. The molecule has 0 saturated heterocycles. The molecule has 0 amide bonds. The second-order valence-corrected chi connectivity index (χ2v) is 7.00. The number of sulfonamides is 1. The number of hydrogen-bond acceptors (Lipinski definition) is 6. The van der Waals surface area contributed by atoms with Crippen molar-refractivity contribution in [3.05, 3.63) is 16.2 Å². The highest BCUT2D eigenvalue weighted by atomic mass is 32.2. The number of nitrogens with zero attached hydrogens (tertiary/aromatic N) is 2. The van der Waals surface area contributed by atoms with Gasteiger partial charge in [0.25, 0.3) is 10.0 Å². The first-order chi connectivity index (χ1) is 7.67. The van der Waals surface area contributed by atoms with Crippen LogP contribution in [0.25, 0.3) is 0 Å². The summed E-state index contributed by atoms with van der Waals surface area (Å²) in [5.74, 6) is 0. The van der Waals surface area contributed by atoms with Gasteiger partial charge in [0.05, 0.1) is 4.92 Å². The van der Waals surface area contributed by atoms with Crippen LogP contribution in [0.2, 0.25) is 0 Å². The molecular weight excluding hydrogens is 266 g/mol. The number of hydrogen-bond donors (Lipinski definition) is 1. The minimum atomic E-state index is -3.71. The van der Waals surface area contributed by atoms with Crippen molar-refractivity contribution in [1.29, 1.82) is 0 Å². The number of nitrogen functional groups attached to an aromatic ring is 1. The van der Waals surface area contributed by atoms with Gasteiger partial charge in [-0.05, 0) is 13.8 Å². The Hall–Kier alpha value is -1.19. The van der Waals surface area contributed by atoms with Crippen LogP contribution in [0.15, 0.2) is 10.3 Å². The quantitative estimate of drug-likeness (QED) is 0.659. The van der Waals surface area contributed by atoms with E-state index in [4.69, 9.17) is 5.73 Å². The van der Waals surface area contributed by atoms with Crippen LogP contribution in [-0.2, 0) is 10.0 Å². The maximum Gasteiger partial charge on any atom is 0.304 e. The summed E-state index contributed by atoms with van der Waals surface area (Å²) in [6.45, 7) is 3.42. The minimum absolute atomic E-state index is 0.106. The molecule has 1 aromatic rings. The molecule has 0 aromatic carbocycles. The first-order valence-electron chi connectivity index (χ1n) is 4.69. The van der Waals surface area contributed by atoms with Crippen LogP contribution in [0.3, 0.4) is 0 Å². The predicted molar refractivity (Wildman–Crippen MR) is 65.5 cm³/mol. The lowest BCUT2D eigenvalue weighted by atomic mass is 10.4.